The summed E-state index contributed by atoms with van der Waals surface area (Å²) in [6.07, 6.45) is 5.17. The molecule has 2 aromatic rings. The summed E-state index contributed by atoms with van der Waals surface area (Å²) in [6.45, 7) is 2.93. The van der Waals surface area contributed by atoms with Crippen LogP contribution < -0.4 is 15.4 Å². The molecule has 0 unspecified atom stereocenters. The Labute approximate surface area is 148 Å². The van der Waals surface area contributed by atoms with Crippen molar-refractivity contribution in [2.75, 3.05) is 25.1 Å². The van der Waals surface area contributed by atoms with E-state index in [9.17, 15) is 4.79 Å². The highest BCUT2D eigenvalue weighted by atomic mass is 16.5. The lowest BCUT2D eigenvalue weighted by Crippen LogP contribution is -2.27. The lowest BCUT2D eigenvalue weighted by molar-refractivity contribution is 0.0944. The average molecular weight is 338 g/mol. The first-order valence-corrected chi connectivity index (χ1v) is 8.03. The molecular weight excluding hydrogens is 316 g/mol. The topological polar surface area (TPSA) is 70.6 Å². The quantitative estimate of drug-likeness (QED) is 0.646. The van der Waals surface area contributed by atoms with Crippen molar-refractivity contribution in [3.05, 3.63) is 59.2 Å². The Morgan fingerprint density at radius 2 is 2.00 bits per heavy atom. The lowest BCUT2D eigenvalue weighted by atomic mass is 10.1. The summed E-state index contributed by atoms with van der Waals surface area (Å²) >= 11 is 0. The molecule has 0 atom stereocenters. The van der Waals surface area contributed by atoms with Gasteiger partial charge in [0.2, 0.25) is 0 Å². The zero-order chi connectivity index (χ0) is 18.1. The molecule has 1 amide bonds. The Morgan fingerprint density at radius 3 is 2.68 bits per heavy atom. The number of hydrogen-bond acceptors (Lipinski definition) is 4. The van der Waals surface area contributed by atoms with E-state index >= 15 is 0 Å². The normalized spacial score (nSPS) is 9.96. The molecule has 25 heavy (non-hydrogen) atoms. The molecule has 0 radical (unpaired) electrons. The molecule has 0 aliphatic rings. The van der Waals surface area contributed by atoms with E-state index in [2.05, 4.69) is 16.6 Å². The minimum atomic E-state index is -0.190. The van der Waals surface area contributed by atoms with Crippen LogP contribution in [0.4, 0.5) is 5.69 Å². The number of carbonyl (C=O) groups is 1. The number of carbonyl (C=O) groups excluding carboxylic acids is 1. The smallest absolute Gasteiger partial charge is 0.251 e. The maximum atomic E-state index is 12.1. The van der Waals surface area contributed by atoms with Crippen molar-refractivity contribution in [3.8, 4) is 18.1 Å². The number of rotatable bonds is 8. The maximum Gasteiger partial charge on any atom is 0.251 e. The first kappa shape index (κ1) is 18.4. The monoisotopic (exact) mass is 338 g/mol. The van der Waals surface area contributed by atoms with Crippen LogP contribution in [0.15, 0.2) is 42.5 Å². The molecule has 0 fully saturated rings. The number of benzene rings is 2. The molecule has 0 saturated carbocycles. The van der Waals surface area contributed by atoms with Crippen LogP contribution in [0.2, 0.25) is 0 Å². The predicted octanol–water partition coefficient (Wildman–Crippen LogP) is 2.34. The Kier molecular flexibility index (Phi) is 6.87. The van der Waals surface area contributed by atoms with Gasteiger partial charge in [-0.3, -0.25) is 4.79 Å². The molecule has 130 valence electrons. The molecule has 0 aromatic heterocycles. The Hall–Kier alpha value is -2.97. The van der Waals surface area contributed by atoms with Crippen LogP contribution in [-0.4, -0.2) is 30.8 Å². The molecule has 5 nitrogen and oxygen atoms in total. The average Bonchev–Trinajstić information content (AvgIpc) is 2.64. The lowest BCUT2D eigenvalue weighted by Gasteiger charge is -2.13. The second-order valence-corrected chi connectivity index (χ2v) is 5.45. The third-order valence-electron chi connectivity index (χ3n) is 3.70. The third kappa shape index (κ3) is 5.27. The number of anilines is 1. The summed E-state index contributed by atoms with van der Waals surface area (Å²) in [7, 11) is 0. The standard InChI is InChI=1S/C20H22N2O3/c1-3-13-25-17-9-7-16(8-10-17)14-22-19-6-4-5-18(15(19)2)20(24)21-11-12-23/h1,4-10,22-23H,11-14H2,2H3,(H,21,24). The molecular formula is C20H22N2O3. The fraction of sp³-hybridized carbons (Fsp3) is 0.250. The van der Waals surface area contributed by atoms with E-state index in [0.29, 0.717) is 12.1 Å². The number of terminal acetylenes is 1. The summed E-state index contributed by atoms with van der Waals surface area (Å²) in [4.78, 5) is 12.1. The first-order chi connectivity index (χ1) is 12.2. The fourth-order valence-corrected chi connectivity index (χ4v) is 2.36. The largest absolute Gasteiger partial charge is 0.481 e. The molecule has 2 rings (SSSR count). The third-order valence-corrected chi connectivity index (χ3v) is 3.70. The van der Waals surface area contributed by atoms with Crippen LogP contribution in [0.5, 0.6) is 5.75 Å². The van der Waals surface area contributed by atoms with E-state index < -0.39 is 0 Å². The SMILES string of the molecule is C#CCOc1ccc(CNc2cccc(C(=O)NCCO)c2C)cc1. The summed E-state index contributed by atoms with van der Waals surface area (Å²) in [5.74, 6) is 2.98. The number of ether oxygens (including phenoxy) is 1. The Morgan fingerprint density at radius 1 is 1.24 bits per heavy atom. The van der Waals surface area contributed by atoms with Crippen molar-refractivity contribution < 1.29 is 14.6 Å². The van der Waals surface area contributed by atoms with E-state index in [4.69, 9.17) is 16.3 Å². The number of aliphatic hydroxyl groups excluding tert-OH is 1. The second-order valence-electron chi connectivity index (χ2n) is 5.45. The molecule has 0 saturated heterocycles. The van der Waals surface area contributed by atoms with Gasteiger partial charge in [-0.25, -0.2) is 0 Å². The molecule has 0 aliphatic heterocycles. The first-order valence-electron chi connectivity index (χ1n) is 8.03. The van der Waals surface area contributed by atoms with Crippen molar-refractivity contribution >= 4 is 11.6 Å². The van der Waals surface area contributed by atoms with Crippen molar-refractivity contribution in [3.63, 3.8) is 0 Å². The van der Waals surface area contributed by atoms with E-state index in [0.717, 1.165) is 22.6 Å². The summed E-state index contributed by atoms with van der Waals surface area (Å²) in [6, 6.07) is 13.2. The summed E-state index contributed by atoms with van der Waals surface area (Å²) < 4.78 is 5.35. The molecule has 0 heterocycles. The fourth-order valence-electron chi connectivity index (χ4n) is 2.36. The van der Waals surface area contributed by atoms with Gasteiger partial charge in [-0.15, -0.1) is 6.42 Å². The van der Waals surface area contributed by atoms with Crippen LogP contribution in [0.3, 0.4) is 0 Å². The van der Waals surface area contributed by atoms with Crippen LogP contribution in [-0.2, 0) is 6.54 Å². The van der Waals surface area contributed by atoms with Gasteiger partial charge in [0, 0.05) is 24.3 Å². The van der Waals surface area contributed by atoms with Gasteiger partial charge in [0.25, 0.3) is 5.91 Å². The number of nitrogens with one attached hydrogen (secondary N) is 2. The highest BCUT2D eigenvalue weighted by Gasteiger charge is 2.11. The Balaban J connectivity index is 2.01. The van der Waals surface area contributed by atoms with E-state index in [1.165, 1.54) is 0 Å². The minimum Gasteiger partial charge on any atom is -0.481 e. The van der Waals surface area contributed by atoms with Crippen molar-refractivity contribution in [1.29, 1.82) is 0 Å². The molecule has 2 aromatic carbocycles. The molecule has 3 N–H and O–H groups in total. The second kappa shape index (κ2) is 9.36. The van der Waals surface area contributed by atoms with Gasteiger partial charge in [0.15, 0.2) is 0 Å². The van der Waals surface area contributed by atoms with Gasteiger partial charge < -0.3 is 20.5 Å². The molecule has 0 spiro atoms. The van der Waals surface area contributed by atoms with Crippen LogP contribution in [0, 0.1) is 19.3 Å². The predicted molar refractivity (Wildman–Crippen MR) is 98.7 cm³/mol. The van der Waals surface area contributed by atoms with Gasteiger partial charge in [-0.2, -0.15) is 0 Å². The summed E-state index contributed by atoms with van der Waals surface area (Å²) in [5, 5.41) is 14.8. The van der Waals surface area contributed by atoms with E-state index in [1.807, 2.05) is 43.3 Å². The number of aliphatic hydroxyl groups is 1. The number of amides is 1. The Bertz CT molecular complexity index is 749. The molecule has 0 bridgehead atoms. The van der Waals surface area contributed by atoms with Gasteiger partial charge in [0.1, 0.15) is 12.4 Å². The van der Waals surface area contributed by atoms with Gasteiger partial charge in [-0.1, -0.05) is 24.1 Å². The van der Waals surface area contributed by atoms with Crippen molar-refractivity contribution in [2.45, 2.75) is 13.5 Å². The molecule has 0 aliphatic carbocycles. The number of hydrogen-bond donors (Lipinski definition) is 3. The van der Waals surface area contributed by atoms with Crippen LogP contribution in [0.1, 0.15) is 21.5 Å². The van der Waals surface area contributed by atoms with Crippen LogP contribution in [0.25, 0.3) is 0 Å². The van der Waals surface area contributed by atoms with E-state index in [1.54, 1.807) is 6.07 Å². The maximum absolute atomic E-state index is 12.1. The zero-order valence-electron chi connectivity index (χ0n) is 14.2. The van der Waals surface area contributed by atoms with Crippen molar-refractivity contribution in [2.24, 2.45) is 0 Å². The minimum absolute atomic E-state index is 0.0796. The van der Waals surface area contributed by atoms with Gasteiger partial charge in [0.05, 0.1) is 6.61 Å². The zero-order valence-corrected chi connectivity index (χ0v) is 14.2. The highest BCUT2D eigenvalue weighted by Crippen LogP contribution is 2.20. The molecule has 5 heteroatoms. The van der Waals surface area contributed by atoms with Gasteiger partial charge >= 0.3 is 0 Å². The van der Waals surface area contributed by atoms with Crippen molar-refractivity contribution in [1.82, 2.24) is 5.32 Å². The van der Waals surface area contributed by atoms with Gasteiger partial charge in [-0.05, 0) is 42.3 Å². The highest BCUT2D eigenvalue weighted by molar-refractivity contribution is 5.97. The van der Waals surface area contributed by atoms with Crippen LogP contribution >= 0.6 is 0 Å². The van der Waals surface area contributed by atoms with E-state index in [-0.39, 0.29) is 25.7 Å². The summed E-state index contributed by atoms with van der Waals surface area (Å²) in [5.41, 5.74) is 3.44.